The second-order valence-electron chi connectivity index (χ2n) is 14.0. The topological polar surface area (TPSA) is 94.1 Å². The molecule has 5 aliphatic heterocycles. The highest BCUT2D eigenvalue weighted by molar-refractivity contribution is 5.98. The highest BCUT2D eigenvalue weighted by atomic mass is 19.1. The van der Waals surface area contributed by atoms with Crippen LogP contribution in [0.3, 0.4) is 0 Å². The van der Waals surface area contributed by atoms with E-state index in [4.69, 9.17) is 14.7 Å². The molecule has 0 saturated carbocycles. The maximum atomic E-state index is 15.0. The lowest BCUT2D eigenvalue weighted by molar-refractivity contribution is -0.128. The number of ether oxygens (including phenoxy) is 1. The maximum absolute atomic E-state index is 15.0. The molecule has 2 N–H and O–H groups in total. The summed E-state index contributed by atoms with van der Waals surface area (Å²) in [6, 6.07) is 6.87. The molecule has 244 valence electrons. The van der Waals surface area contributed by atoms with Crippen molar-refractivity contribution >= 4 is 28.2 Å². The largest absolute Gasteiger partial charge is 0.508 e. The minimum Gasteiger partial charge on any atom is -0.508 e. The molecule has 1 amide bonds. The van der Waals surface area contributed by atoms with Gasteiger partial charge in [0.05, 0.1) is 23.2 Å². The highest BCUT2D eigenvalue weighted by Crippen LogP contribution is 2.43. The van der Waals surface area contributed by atoms with E-state index in [1.807, 2.05) is 6.92 Å². The third-order valence-electron chi connectivity index (χ3n) is 11.3. The Kier molecular flexibility index (Phi) is 7.23. The summed E-state index contributed by atoms with van der Waals surface area (Å²) in [7, 11) is 0. The van der Waals surface area contributed by atoms with Crippen LogP contribution in [0.25, 0.3) is 10.8 Å². The number of nitrogens with zero attached hydrogens (tertiary/aromatic N) is 5. The van der Waals surface area contributed by atoms with Gasteiger partial charge in [0.15, 0.2) is 0 Å². The number of anilines is 2. The zero-order valence-corrected chi connectivity index (χ0v) is 26.5. The number of rotatable bonds is 6. The summed E-state index contributed by atoms with van der Waals surface area (Å²) in [5.41, 5.74) is 2.52. The summed E-state index contributed by atoms with van der Waals surface area (Å²) in [4.78, 5) is 29.6. The van der Waals surface area contributed by atoms with E-state index in [0.29, 0.717) is 64.2 Å². The standard InChI is InChI=1S/C35H42F2N6O3/c1-2-25-27(37)6-5-22-15-24(44)16-29(30(22)25)41-14-7-26-28(19-41)39-33(46-21-35-9-4-13-43(35)18-23(36)17-35)40-31(26)42-12-3-8-34(20-42)10-11-38-32(34)45/h5-6,15-16,23,44H,2-4,7-14,17-21H2,1H3,(H,38,45)/t23-,34?,35+/m1/s1. The lowest BCUT2D eigenvalue weighted by Crippen LogP contribution is -2.48. The molecule has 6 heterocycles. The number of carbonyl (C=O) groups excluding carboxylic acids is 1. The van der Waals surface area contributed by atoms with Crippen LogP contribution in [0.1, 0.15) is 62.3 Å². The highest BCUT2D eigenvalue weighted by Gasteiger charge is 2.50. The van der Waals surface area contributed by atoms with E-state index in [1.54, 1.807) is 18.2 Å². The third kappa shape index (κ3) is 4.84. The van der Waals surface area contributed by atoms with Crippen molar-refractivity contribution in [3.05, 3.63) is 46.9 Å². The van der Waals surface area contributed by atoms with Gasteiger partial charge < -0.3 is 25.0 Å². The molecule has 46 heavy (non-hydrogen) atoms. The van der Waals surface area contributed by atoms with Crippen molar-refractivity contribution in [1.29, 1.82) is 0 Å². The summed E-state index contributed by atoms with van der Waals surface area (Å²) in [5.74, 6) is 0.818. The molecule has 4 saturated heterocycles. The van der Waals surface area contributed by atoms with Crippen LogP contribution in [-0.4, -0.2) is 83.5 Å². The zero-order valence-electron chi connectivity index (χ0n) is 26.5. The van der Waals surface area contributed by atoms with Gasteiger partial charge in [0.1, 0.15) is 30.2 Å². The number of aryl methyl sites for hydroxylation is 1. The molecule has 8 rings (SSSR count). The number of fused-ring (bicyclic) bond motifs is 3. The molecule has 3 aromatic rings. The maximum Gasteiger partial charge on any atom is 0.318 e. The van der Waals surface area contributed by atoms with Gasteiger partial charge in [0.25, 0.3) is 0 Å². The number of aromatic nitrogens is 2. The van der Waals surface area contributed by atoms with Crippen LogP contribution in [0.5, 0.6) is 11.8 Å². The first kappa shape index (κ1) is 29.7. The lowest BCUT2D eigenvalue weighted by atomic mass is 9.78. The molecule has 4 fully saturated rings. The van der Waals surface area contributed by atoms with E-state index in [9.17, 15) is 14.3 Å². The van der Waals surface area contributed by atoms with E-state index in [0.717, 1.165) is 78.7 Å². The number of halogens is 2. The Bertz CT molecular complexity index is 1700. The lowest BCUT2D eigenvalue weighted by Gasteiger charge is -2.41. The van der Waals surface area contributed by atoms with E-state index >= 15 is 4.39 Å². The number of phenols is 1. The fourth-order valence-corrected chi connectivity index (χ4v) is 9.06. The SMILES string of the molecule is CCc1c(F)ccc2cc(O)cc(N3CCc4c(nc(OC[C@@]56CCCN5C[C@H](F)C6)nc4N4CCCC5(CCNC5=O)C4)C3)c12. The first-order valence-corrected chi connectivity index (χ1v) is 16.9. The average molecular weight is 633 g/mol. The number of hydrogen-bond acceptors (Lipinski definition) is 8. The van der Waals surface area contributed by atoms with E-state index in [2.05, 4.69) is 20.0 Å². The number of aromatic hydroxyl groups is 1. The molecule has 5 aliphatic rings. The predicted molar refractivity (Wildman–Crippen MR) is 172 cm³/mol. The van der Waals surface area contributed by atoms with Gasteiger partial charge in [-0.05, 0) is 74.6 Å². The number of alkyl halides is 1. The van der Waals surface area contributed by atoms with Crippen molar-refractivity contribution in [3.8, 4) is 11.8 Å². The van der Waals surface area contributed by atoms with Crippen LogP contribution in [0.2, 0.25) is 0 Å². The van der Waals surface area contributed by atoms with Gasteiger partial charge in [0, 0.05) is 61.8 Å². The van der Waals surface area contributed by atoms with Crippen molar-refractivity contribution < 1.29 is 23.4 Å². The predicted octanol–water partition coefficient (Wildman–Crippen LogP) is 4.66. The second kappa shape index (κ2) is 11.2. The normalized spacial score (nSPS) is 27.8. The van der Waals surface area contributed by atoms with Gasteiger partial charge in [-0.3, -0.25) is 9.69 Å². The van der Waals surface area contributed by atoms with Gasteiger partial charge in [-0.2, -0.15) is 9.97 Å². The van der Waals surface area contributed by atoms with Gasteiger partial charge in [-0.15, -0.1) is 0 Å². The summed E-state index contributed by atoms with van der Waals surface area (Å²) < 4.78 is 36.0. The van der Waals surface area contributed by atoms with Gasteiger partial charge >= 0.3 is 6.01 Å². The average Bonchev–Trinajstić information content (AvgIpc) is 3.70. The van der Waals surface area contributed by atoms with Crippen LogP contribution in [-0.2, 0) is 24.2 Å². The first-order valence-electron chi connectivity index (χ1n) is 16.9. The number of carbonyl (C=O) groups is 1. The second-order valence-corrected chi connectivity index (χ2v) is 14.0. The monoisotopic (exact) mass is 632 g/mol. The molecule has 0 bridgehead atoms. The van der Waals surface area contributed by atoms with Gasteiger partial charge in [-0.1, -0.05) is 13.0 Å². The Morgan fingerprint density at radius 3 is 2.80 bits per heavy atom. The smallest absolute Gasteiger partial charge is 0.318 e. The minimum atomic E-state index is -0.852. The van der Waals surface area contributed by atoms with E-state index < -0.39 is 11.6 Å². The molecule has 2 aromatic carbocycles. The summed E-state index contributed by atoms with van der Waals surface area (Å²) in [6.45, 7) is 6.76. The van der Waals surface area contributed by atoms with E-state index in [1.165, 1.54) is 6.07 Å². The van der Waals surface area contributed by atoms with Crippen LogP contribution in [0, 0.1) is 11.2 Å². The van der Waals surface area contributed by atoms with Crippen LogP contribution in [0.4, 0.5) is 20.3 Å². The molecule has 11 heteroatoms. The van der Waals surface area contributed by atoms with Crippen molar-refractivity contribution in [3.63, 3.8) is 0 Å². The number of benzene rings is 2. The summed E-state index contributed by atoms with van der Waals surface area (Å²) >= 11 is 0. The van der Waals surface area contributed by atoms with Crippen LogP contribution in [0.15, 0.2) is 24.3 Å². The molecule has 3 atom stereocenters. The third-order valence-corrected chi connectivity index (χ3v) is 11.3. The van der Waals surface area contributed by atoms with Crippen molar-refractivity contribution in [2.45, 2.75) is 76.5 Å². The molecule has 1 spiro atoms. The summed E-state index contributed by atoms with van der Waals surface area (Å²) in [5, 5.41) is 15.3. The minimum absolute atomic E-state index is 0.125. The fourth-order valence-electron chi connectivity index (χ4n) is 9.06. The number of phenolic OH excluding ortho intramolecular Hbond substituents is 1. The number of hydrogen-bond donors (Lipinski definition) is 2. The Hall–Kier alpha value is -3.73. The number of amides is 1. The number of nitrogens with one attached hydrogen (secondary N) is 1. The summed E-state index contributed by atoms with van der Waals surface area (Å²) in [6.07, 6.45) is 5.28. The number of piperidine rings is 1. The molecule has 0 radical (unpaired) electrons. The van der Waals surface area contributed by atoms with Crippen LogP contribution < -0.4 is 19.9 Å². The fraction of sp³-hybridized carbons (Fsp3) is 0.571. The Morgan fingerprint density at radius 1 is 1.11 bits per heavy atom. The van der Waals surface area contributed by atoms with Gasteiger partial charge in [0.2, 0.25) is 5.91 Å². The van der Waals surface area contributed by atoms with Crippen LogP contribution >= 0.6 is 0 Å². The molecular formula is C35H42F2N6O3. The van der Waals surface area contributed by atoms with Crippen molar-refractivity contribution in [2.24, 2.45) is 5.41 Å². The van der Waals surface area contributed by atoms with Crippen molar-refractivity contribution in [1.82, 2.24) is 20.2 Å². The molecule has 9 nitrogen and oxygen atoms in total. The van der Waals surface area contributed by atoms with E-state index in [-0.39, 0.29) is 29.0 Å². The Balaban J connectivity index is 1.17. The molecule has 0 aliphatic carbocycles. The first-order chi connectivity index (χ1) is 22.3. The zero-order chi connectivity index (χ0) is 31.6. The van der Waals surface area contributed by atoms with Crippen molar-refractivity contribution in [2.75, 3.05) is 55.7 Å². The molecule has 1 unspecified atom stereocenters. The molecular weight excluding hydrogens is 590 g/mol. The Labute approximate surface area is 267 Å². The Morgan fingerprint density at radius 2 is 1.98 bits per heavy atom. The molecule has 1 aromatic heterocycles. The quantitative estimate of drug-likeness (QED) is 0.406. The van der Waals surface area contributed by atoms with Gasteiger partial charge in [-0.25, -0.2) is 8.78 Å².